The van der Waals surface area contributed by atoms with E-state index >= 15 is 0 Å². The molecule has 0 aliphatic rings. The zero-order valence-corrected chi connectivity index (χ0v) is 9.96. The van der Waals surface area contributed by atoms with Crippen LogP contribution in [0.5, 0.6) is 0 Å². The molecule has 1 aromatic rings. The Morgan fingerprint density at radius 3 is 2.50 bits per heavy atom. The van der Waals surface area contributed by atoms with Crippen molar-refractivity contribution in [1.29, 1.82) is 5.26 Å². The van der Waals surface area contributed by atoms with Crippen LogP contribution in [0, 0.1) is 25.2 Å². The van der Waals surface area contributed by atoms with Crippen molar-refractivity contribution in [2.75, 3.05) is 14.1 Å². The summed E-state index contributed by atoms with van der Waals surface area (Å²) in [6, 6.07) is 2.03. The van der Waals surface area contributed by atoms with E-state index in [1.807, 2.05) is 20.2 Å². The standard InChI is InChI=1S/C12H15N3O/c1-8-10(7-13)14-9(2)12(8)11(16)5-6-15(3)4/h5-6,14H,1-4H3. The lowest BCUT2D eigenvalue weighted by atomic mass is 10.1. The summed E-state index contributed by atoms with van der Waals surface area (Å²) in [6.07, 6.45) is 3.20. The van der Waals surface area contributed by atoms with Crippen molar-refractivity contribution in [1.82, 2.24) is 9.88 Å². The summed E-state index contributed by atoms with van der Waals surface area (Å²) >= 11 is 0. The molecule has 0 fully saturated rings. The van der Waals surface area contributed by atoms with E-state index in [2.05, 4.69) is 4.98 Å². The van der Waals surface area contributed by atoms with Gasteiger partial charge in [-0.15, -0.1) is 0 Å². The largest absolute Gasteiger partial charge is 0.383 e. The molecular weight excluding hydrogens is 202 g/mol. The highest BCUT2D eigenvalue weighted by Crippen LogP contribution is 2.18. The molecule has 0 unspecified atom stereocenters. The maximum atomic E-state index is 11.9. The van der Waals surface area contributed by atoms with Crippen LogP contribution in [0.25, 0.3) is 0 Å². The van der Waals surface area contributed by atoms with Crippen LogP contribution in [-0.2, 0) is 0 Å². The number of nitrogens with one attached hydrogen (secondary N) is 1. The maximum Gasteiger partial charge on any atom is 0.189 e. The summed E-state index contributed by atoms with van der Waals surface area (Å²) in [7, 11) is 3.70. The average Bonchev–Trinajstić information content (AvgIpc) is 2.50. The van der Waals surface area contributed by atoms with Crippen molar-refractivity contribution in [2.24, 2.45) is 0 Å². The van der Waals surface area contributed by atoms with Gasteiger partial charge in [-0.25, -0.2) is 0 Å². The van der Waals surface area contributed by atoms with Crippen molar-refractivity contribution in [2.45, 2.75) is 13.8 Å². The minimum absolute atomic E-state index is 0.0820. The number of H-pyrrole nitrogens is 1. The fourth-order valence-corrected chi connectivity index (χ4v) is 1.53. The van der Waals surface area contributed by atoms with Gasteiger partial charge in [0.05, 0.1) is 0 Å². The third-order valence-corrected chi connectivity index (χ3v) is 2.32. The Kier molecular flexibility index (Phi) is 3.51. The molecule has 0 aliphatic carbocycles. The number of nitrogens with zero attached hydrogens (tertiary/aromatic N) is 2. The van der Waals surface area contributed by atoms with Gasteiger partial charge >= 0.3 is 0 Å². The summed E-state index contributed by atoms with van der Waals surface area (Å²) in [6.45, 7) is 3.57. The first-order valence-corrected chi connectivity index (χ1v) is 4.95. The summed E-state index contributed by atoms with van der Waals surface area (Å²) in [5.74, 6) is -0.0820. The van der Waals surface area contributed by atoms with Gasteiger partial charge < -0.3 is 9.88 Å². The van der Waals surface area contributed by atoms with E-state index in [4.69, 9.17) is 5.26 Å². The minimum Gasteiger partial charge on any atom is -0.383 e. The predicted molar refractivity (Wildman–Crippen MR) is 62.1 cm³/mol. The van der Waals surface area contributed by atoms with Gasteiger partial charge in [0, 0.05) is 37.6 Å². The highest BCUT2D eigenvalue weighted by Gasteiger charge is 2.15. The van der Waals surface area contributed by atoms with Crippen LogP contribution in [0.15, 0.2) is 12.3 Å². The molecule has 1 aromatic heterocycles. The lowest BCUT2D eigenvalue weighted by Crippen LogP contribution is -2.04. The molecule has 1 rings (SSSR count). The minimum atomic E-state index is -0.0820. The number of carbonyl (C=O) groups is 1. The Hall–Kier alpha value is -2.02. The second-order valence-corrected chi connectivity index (χ2v) is 3.88. The SMILES string of the molecule is Cc1[nH]c(C#N)c(C)c1C(=O)C=CN(C)C. The first-order chi connectivity index (χ1) is 7.47. The van der Waals surface area contributed by atoms with Crippen LogP contribution >= 0.6 is 0 Å². The van der Waals surface area contributed by atoms with E-state index in [1.54, 1.807) is 24.9 Å². The summed E-state index contributed by atoms with van der Waals surface area (Å²) in [5.41, 5.74) is 2.50. The highest BCUT2D eigenvalue weighted by molar-refractivity contribution is 6.06. The number of ketones is 1. The van der Waals surface area contributed by atoms with Crippen LogP contribution in [0.3, 0.4) is 0 Å². The van der Waals surface area contributed by atoms with Gasteiger partial charge in [0.1, 0.15) is 11.8 Å². The topological polar surface area (TPSA) is 59.9 Å². The van der Waals surface area contributed by atoms with Crippen LogP contribution in [0.1, 0.15) is 27.3 Å². The first kappa shape index (κ1) is 12.1. The van der Waals surface area contributed by atoms with Crippen molar-refractivity contribution >= 4 is 5.78 Å². The first-order valence-electron chi connectivity index (χ1n) is 4.95. The molecule has 16 heavy (non-hydrogen) atoms. The molecule has 0 aliphatic heterocycles. The predicted octanol–water partition coefficient (Wildman–Crippen LogP) is 1.76. The number of aryl methyl sites for hydroxylation is 1. The molecule has 1 heterocycles. The van der Waals surface area contributed by atoms with Crippen LogP contribution in [-0.4, -0.2) is 29.8 Å². The van der Waals surface area contributed by atoms with Crippen LogP contribution in [0.2, 0.25) is 0 Å². The Morgan fingerprint density at radius 1 is 1.44 bits per heavy atom. The molecule has 0 radical (unpaired) electrons. The van der Waals surface area contributed by atoms with Crippen molar-refractivity contribution < 1.29 is 4.79 Å². The molecule has 0 amide bonds. The number of carbonyl (C=O) groups excluding carboxylic acids is 1. The van der Waals surface area contributed by atoms with E-state index in [0.29, 0.717) is 16.8 Å². The molecule has 0 aromatic carbocycles. The number of allylic oxidation sites excluding steroid dienone is 1. The van der Waals surface area contributed by atoms with Gasteiger partial charge in [-0.05, 0) is 19.4 Å². The molecule has 0 saturated heterocycles. The van der Waals surface area contributed by atoms with E-state index in [9.17, 15) is 4.79 Å². The number of hydrogen-bond acceptors (Lipinski definition) is 3. The van der Waals surface area contributed by atoms with Crippen LogP contribution < -0.4 is 0 Å². The number of rotatable bonds is 3. The summed E-state index contributed by atoms with van der Waals surface area (Å²) in [5, 5.41) is 8.84. The van der Waals surface area contributed by atoms with Gasteiger partial charge in [0.15, 0.2) is 5.78 Å². The molecule has 0 bridgehead atoms. The van der Waals surface area contributed by atoms with Gasteiger partial charge in [0.25, 0.3) is 0 Å². The molecule has 0 atom stereocenters. The second kappa shape index (κ2) is 4.67. The number of nitriles is 1. The van der Waals surface area contributed by atoms with E-state index in [-0.39, 0.29) is 5.78 Å². The number of aromatic nitrogens is 1. The average molecular weight is 217 g/mol. The zero-order chi connectivity index (χ0) is 12.3. The summed E-state index contributed by atoms with van der Waals surface area (Å²) < 4.78 is 0. The smallest absolute Gasteiger partial charge is 0.189 e. The Morgan fingerprint density at radius 2 is 2.06 bits per heavy atom. The number of hydrogen-bond donors (Lipinski definition) is 1. The second-order valence-electron chi connectivity index (χ2n) is 3.88. The third kappa shape index (κ3) is 2.31. The Labute approximate surface area is 95.2 Å². The molecule has 4 nitrogen and oxygen atoms in total. The van der Waals surface area contributed by atoms with Gasteiger partial charge in [-0.2, -0.15) is 5.26 Å². The van der Waals surface area contributed by atoms with Crippen molar-refractivity contribution in [3.8, 4) is 6.07 Å². The normalized spacial score (nSPS) is 10.4. The van der Waals surface area contributed by atoms with Crippen molar-refractivity contribution in [3.63, 3.8) is 0 Å². The molecule has 0 spiro atoms. The Balaban J connectivity index is 3.10. The van der Waals surface area contributed by atoms with Gasteiger partial charge in [0.2, 0.25) is 0 Å². The lowest BCUT2D eigenvalue weighted by Gasteiger charge is -2.03. The van der Waals surface area contributed by atoms with Gasteiger partial charge in [-0.1, -0.05) is 0 Å². The van der Waals surface area contributed by atoms with Crippen LogP contribution in [0.4, 0.5) is 0 Å². The lowest BCUT2D eigenvalue weighted by molar-refractivity contribution is 0.104. The number of aromatic amines is 1. The third-order valence-electron chi connectivity index (χ3n) is 2.32. The molecule has 1 N–H and O–H groups in total. The molecule has 0 saturated carbocycles. The van der Waals surface area contributed by atoms with Crippen molar-refractivity contribution in [3.05, 3.63) is 34.8 Å². The molecule has 4 heteroatoms. The summed E-state index contributed by atoms with van der Waals surface area (Å²) in [4.78, 5) is 16.6. The van der Waals surface area contributed by atoms with E-state index in [0.717, 1.165) is 5.69 Å². The molecular formula is C12H15N3O. The van der Waals surface area contributed by atoms with E-state index in [1.165, 1.54) is 6.08 Å². The monoisotopic (exact) mass is 217 g/mol. The van der Waals surface area contributed by atoms with E-state index < -0.39 is 0 Å². The quantitative estimate of drug-likeness (QED) is 0.620. The molecule has 84 valence electrons. The fraction of sp³-hybridized carbons (Fsp3) is 0.333. The zero-order valence-electron chi connectivity index (χ0n) is 9.96. The maximum absolute atomic E-state index is 11.9. The Bertz CT molecular complexity index is 475. The fourth-order valence-electron chi connectivity index (χ4n) is 1.53. The van der Waals surface area contributed by atoms with Gasteiger partial charge in [-0.3, -0.25) is 4.79 Å². The highest BCUT2D eigenvalue weighted by atomic mass is 16.1.